The number of hydrogen-bond acceptors (Lipinski definition) is 1. The summed E-state index contributed by atoms with van der Waals surface area (Å²) in [6, 6.07) is 0. The first-order chi connectivity index (χ1) is 13.3. The summed E-state index contributed by atoms with van der Waals surface area (Å²) in [6.07, 6.45) is 25.4. The van der Waals surface area contributed by atoms with E-state index in [1.165, 1.54) is 83.5 Å². The Morgan fingerprint density at radius 3 is 1.89 bits per heavy atom. The summed E-state index contributed by atoms with van der Waals surface area (Å²) in [6.45, 7) is 5.65. The summed E-state index contributed by atoms with van der Waals surface area (Å²) < 4.78 is 6.25. The standard InChI is InChI=1S/C26H48O/c1-3-5-6-19-27-26-10-7-9-25(20-26)24-17-15-23(16-18-24)22-13-11-21(8-4-2)12-14-22/h21-26H,3-20H2,1-2H3/t21?,22?,23?,24?,25-,26+/m0/s1. The number of ether oxygens (including phenoxy) is 1. The first kappa shape index (κ1) is 21.7. The monoisotopic (exact) mass is 376 g/mol. The van der Waals surface area contributed by atoms with Crippen LogP contribution in [0.5, 0.6) is 0 Å². The molecule has 158 valence electrons. The average molecular weight is 377 g/mol. The van der Waals surface area contributed by atoms with E-state index in [0.717, 1.165) is 36.2 Å². The number of hydrogen-bond donors (Lipinski definition) is 0. The third kappa shape index (κ3) is 6.76. The topological polar surface area (TPSA) is 9.23 Å². The lowest BCUT2D eigenvalue weighted by atomic mass is 9.65. The third-order valence-electron chi connectivity index (χ3n) is 8.51. The van der Waals surface area contributed by atoms with Crippen LogP contribution in [0.1, 0.15) is 123 Å². The normalized spacial score (nSPS) is 38.0. The molecule has 0 aromatic rings. The Morgan fingerprint density at radius 1 is 0.630 bits per heavy atom. The molecule has 0 spiro atoms. The fraction of sp³-hybridized carbons (Fsp3) is 1.00. The Balaban J connectivity index is 1.35. The maximum Gasteiger partial charge on any atom is 0.0577 e. The highest BCUT2D eigenvalue weighted by Crippen LogP contribution is 2.46. The SMILES string of the molecule is CCCCCO[C@@H]1CCC[C@H](C2CCC(C3CCC(CCC)CC3)CC2)C1. The first-order valence-electron chi connectivity index (χ1n) is 12.9. The van der Waals surface area contributed by atoms with Crippen molar-refractivity contribution in [2.24, 2.45) is 29.6 Å². The quantitative estimate of drug-likeness (QED) is 0.369. The van der Waals surface area contributed by atoms with E-state index in [1.54, 1.807) is 25.7 Å². The molecule has 0 radical (unpaired) electrons. The molecule has 3 saturated carbocycles. The predicted molar refractivity (Wildman–Crippen MR) is 117 cm³/mol. The molecule has 0 N–H and O–H groups in total. The molecule has 3 aliphatic rings. The molecule has 0 bridgehead atoms. The smallest absolute Gasteiger partial charge is 0.0577 e. The van der Waals surface area contributed by atoms with Gasteiger partial charge in [-0.1, -0.05) is 58.8 Å². The zero-order valence-electron chi connectivity index (χ0n) is 18.6. The Morgan fingerprint density at radius 2 is 1.26 bits per heavy atom. The van der Waals surface area contributed by atoms with Crippen molar-refractivity contribution in [2.75, 3.05) is 6.61 Å². The van der Waals surface area contributed by atoms with Gasteiger partial charge >= 0.3 is 0 Å². The highest BCUT2D eigenvalue weighted by Gasteiger charge is 2.35. The Bertz CT molecular complexity index is 376. The molecular formula is C26H48O. The van der Waals surface area contributed by atoms with Crippen LogP contribution in [0.25, 0.3) is 0 Å². The summed E-state index contributed by atoms with van der Waals surface area (Å²) in [5, 5.41) is 0. The van der Waals surface area contributed by atoms with Gasteiger partial charge in [0.2, 0.25) is 0 Å². The van der Waals surface area contributed by atoms with Crippen LogP contribution in [-0.4, -0.2) is 12.7 Å². The molecule has 0 heterocycles. The molecule has 3 rings (SSSR count). The van der Waals surface area contributed by atoms with Crippen LogP contribution < -0.4 is 0 Å². The number of unbranched alkanes of at least 4 members (excludes halogenated alkanes) is 2. The van der Waals surface area contributed by atoms with Gasteiger partial charge in [0.1, 0.15) is 0 Å². The van der Waals surface area contributed by atoms with Gasteiger partial charge in [0.25, 0.3) is 0 Å². The van der Waals surface area contributed by atoms with E-state index >= 15 is 0 Å². The van der Waals surface area contributed by atoms with E-state index < -0.39 is 0 Å². The van der Waals surface area contributed by atoms with Crippen LogP contribution in [0, 0.1) is 29.6 Å². The molecule has 0 aromatic carbocycles. The van der Waals surface area contributed by atoms with Crippen molar-refractivity contribution >= 4 is 0 Å². The van der Waals surface area contributed by atoms with Gasteiger partial charge in [-0.3, -0.25) is 0 Å². The second-order valence-electron chi connectivity index (χ2n) is 10.4. The molecule has 2 atom stereocenters. The Kier molecular flexibility index (Phi) is 9.50. The van der Waals surface area contributed by atoms with Crippen LogP contribution in [0.3, 0.4) is 0 Å². The van der Waals surface area contributed by atoms with E-state index in [-0.39, 0.29) is 0 Å². The van der Waals surface area contributed by atoms with E-state index in [4.69, 9.17) is 4.74 Å². The zero-order chi connectivity index (χ0) is 18.9. The summed E-state index contributed by atoms with van der Waals surface area (Å²) in [5.74, 6) is 5.24. The second-order valence-corrected chi connectivity index (χ2v) is 10.4. The molecule has 0 amide bonds. The summed E-state index contributed by atoms with van der Waals surface area (Å²) in [4.78, 5) is 0. The van der Waals surface area contributed by atoms with Gasteiger partial charge in [-0.15, -0.1) is 0 Å². The average Bonchev–Trinajstić information content (AvgIpc) is 2.72. The maximum absolute atomic E-state index is 6.25. The van der Waals surface area contributed by atoms with Crippen LogP contribution in [-0.2, 0) is 4.74 Å². The molecule has 3 fully saturated rings. The summed E-state index contributed by atoms with van der Waals surface area (Å²) in [7, 11) is 0. The molecule has 0 saturated heterocycles. The van der Waals surface area contributed by atoms with E-state index in [9.17, 15) is 0 Å². The van der Waals surface area contributed by atoms with Crippen molar-refractivity contribution in [2.45, 2.75) is 129 Å². The van der Waals surface area contributed by atoms with Crippen LogP contribution >= 0.6 is 0 Å². The van der Waals surface area contributed by atoms with E-state index in [0.29, 0.717) is 6.10 Å². The van der Waals surface area contributed by atoms with Gasteiger partial charge in [0, 0.05) is 6.61 Å². The molecule has 3 aliphatic carbocycles. The largest absolute Gasteiger partial charge is 0.378 e. The fourth-order valence-corrected chi connectivity index (χ4v) is 6.81. The molecule has 1 nitrogen and oxygen atoms in total. The van der Waals surface area contributed by atoms with Gasteiger partial charge < -0.3 is 4.74 Å². The fourth-order valence-electron chi connectivity index (χ4n) is 6.81. The van der Waals surface area contributed by atoms with Crippen molar-refractivity contribution in [1.29, 1.82) is 0 Å². The van der Waals surface area contributed by atoms with Crippen molar-refractivity contribution in [3.05, 3.63) is 0 Å². The van der Waals surface area contributed by atoms with Crippen LogP contribution in [0.2, 0.25) is 0 Å². The van der Waals surface area contributed by atoms with E-state index in [1.807, 2.05) is 0 Å². The van der Waals surface area contributed by atoms with Gasteiger partial charge in [-0.05, 0) is 93.8 Å². The lowest BCUT2D eigenvalue weighted by Gasteiger charge is -2.41. The molecule has 0 aliphatic heterocycles. The lowest BCUT2D eigenvalue weighted by Crippen LogP contribution is -2.32. The second kappa shape index (κ2) is 11.8. The van der Waals surface area contributed by atoms with Gasteiger partial charge in [0.05, 0.1) is 6.10 Å². The van der Waals surface area contributed by atoms with Gasteiger partial charge in [-0.25, -0.2) is 0 Å². The highest BCUT2D eigenvalue weighted by atomic mass is 16.5. The van der Waals surface area contributed by atoms with Crippen molar-refractivity contribution < 1.29 is 4.74 Å². The molecular weight excluding hydrogens is 328 g/mol. The first-order valence-corrected chi connectivity index (χ1v) is 12.9. The molecule has 1 heteroatoms. The predicted octanol–water partition coefficient (Wildman–Crippen LogP) is 8.16. The van der Waals surface area contributed by atoms with Crippen LogP contribution in [0.15, 0.2) is 0 Å². The molecule has 0 aromatic heterocycles. The molecule has 27 heavy (non-hydrogen) atoms. The van der Waals surface area contributed by atoms with E-state index in [2.05, 4.69) is 13.8 Å². The van der Waals surface area contributed by atoms with Crippen LogP contribution in [0.4, 0.5) is 0 Å². The van der Waals surface area contributed by atoms with Gasteiger partial charge in [-0.2, -0.15) is 0 Å². The minimum atomic E-state index is 0.590. The zero-order valence-corrected chi connectivity index (χ0v) is 18.6. The minimum absolute atomic E-state index is 0.590. The lowest BCUT2D eigenvalue weighted by molar-refractivity contribution is -0.00533. The maximum atomic E-state index is 6.25. The van der Waals surface area contributed by atoms with Gasteiger partial charge in [0.15, 0.2) is 0 Å². The summed E-state index contributed by atoms with van der Waals surface area (Å²) in [5.41, 5.74) is 0. The Labute approximate surface area is 170 Å². The summed E-state index contributed by atoms with van der Waals surface area (Å²) >= 11 is 0. The van der Waals surface area contributed by atoms with Crippen molar-refractivity contribution in [1.82, 2.24) is 0 Å². The number of rotatable bonds is 9. The highest BCUT2D eigenvalue weighted by molar-refractivity contribution is 4.86. The van der Waals surface area contributed by atoms with Crippen molar-refractivity contribution in [3.63, 3.8) is 0 Å². The van der Waals surface area contributed by atoms with Crippen molar-refractivity contribution in [3.8, 4) is 0 Å². The third-order valence-corrected chi connectivity index (χ3v) is 8.51. The Hall–Kier alpha value is -0.0400. The molecule has 0 unspecified atom stereocenters. The minimum Gasteiger partial charge on any atom is -0.378 e.